The molecular weight excluding hydrogens is 413 g/mol. The van der Waals surface area contributed by atoms with Gasteiger partial charge in [-0.1, -0.05) is 28.4 Å². The Hall–Kier alpha value is -2.65. The summed E-state index contributed by atoms with van der Waals surface area (Å²) < 4.78 is 28.0. The van der Waals surface area contributed by atoms with Crippen molar-refractivity contribution in [2.24, 2.45) is 0 Å². The van der Waals surface area contributed by atoms with Gasteiger partial charge in [-0.15, -0.1) is 5.10 Å². The lowest BCUT2D eigenvalue weighted by Crippen LogP contribution is -2.43. The first kappa shape index (κ1) is 18.7. The fraction of sp³-hybridized carbons (Fsp3) is 0.235. The molecule has 1 aliphatic rings. The minimum absolute atomic E-state index is 0.109. The molecule has 0 saturated heterocycles. The minimum atomic E-state index is -0.695. The Morgan fingerprint density at radius 1 is 1.18 bits per heavy atom. The number of carbonyl (C=O) groups excluding carboxylic acids is 1. The first-order valence-electron chi connectivity index (χ1n) is 8.22. The molecule has 3 heterocycles. The van der Waals surface area contributed by atoms with Crippen molar-refractivity contribution in [3.63, 3.8) is 0 Å². The van der Waals surface area contributed by atoms with Gasteiger partial charge in [-0.3, -0.25) is 4.79 Å². The first-order valence-corrected chi connectivity index (χ1v) is 8.98. The Balaban J connectivity index is 1.65. The van der Waals surface area contributed by atoms with Crippen molar-refractivity contribution in [1.82, 2.24) is 29.9 Å². The summed E-state index contributed by atoms with van der Waals surface area (Å²) in [6.07, 6.45) is 2.50. The van der Waals surface area contributed by atoms with Crippen molar-refractivity contribution >= 4 is 29.1 Å². The molecule has 1 aliphatic heterocycles. The zero-order valence-corrected chi connectivity index (χ0v) is 15.9. The fourth-order valence-corrected chi connectivity index (χ4v) is 3.46. The third-order valence-electron chi connectivity index (χ3n) is 4.51. The molecule has 0 fully saturated rings. The summed E-state index contributed by atoms with van der Waals surface area (Å²) in [6.45, 7) is 2.02. The number of fused-ring (bicyclic) bond motifs is 1. The highest BCUT2D eigenvalue weighted by molar-refractivity contribution is 6.43. The van der Waals surface area contributed by atoms with E-state index in [4.69, 9.17) is 23.2 Å². The molecule has 0 radical (unpaired) electrons. The van der Waals surface area contributed by atoms with Crippen LogP contribution < -0.4 is 0 Å². The molecule has 0 N–H and O–H groups in total. The topological polar surface area (TPSA) is 76.8 Å². The van der Waals surface area contributed by atoms with E-state index in [0.29, 0.717) is 12.1 Å². The second kappa shape index (κ2) is 7.06. The average Bonchev–Trinajstić information content (AvgIpc) is 3.08. The maximum Gasteiger partial charge on any atom is 0.256 e. The molecule has 0 spiro atoms. The van der Waals surface area contributed by atoms with Crippen molar-refractivity contribution in [2.75, 3.05) is 0 Å². The molecular formula is C17H12Cl2F2N6O. The van der Waals surface area contributed by atoms with Gasteiger partial charge in [-0.05, 0) is 19.1 Å². The number of hydrogen-bond acceptors (Lipinski definition) is 5. The predicted octanol–water partition coefficient (Wildman–Crippen LogP) is 3.23. The summed E-state index contributed by atoms with van der Waals surface area (Å²) in [5, 5.41) is 7.70. The third kappa shape index (κ3) is 3.10. The maximum absolute atomic E-state index is 13.5. The normalized spacial score (nSPS) is 16.2. The highest BCUT2D eigenvalue weighted by Crippen LogP contribution is 2.31. The Bertz CT molecular complexity index is 1070. The van der Waals surface area contributed by atoms with Crippen LogP contribution in [0.5, 0.6) is 0 Å². The smallest absolute Gasteiger partial charge is 0.256 e. The summed E-state index contributed by atoms with van der Waals surface area (Å²) in [4.78, 5) is 22.3. The van der Waals surface area contributed by atoms with E-state index < -0.39 is 17.5 Å². The molecule has 2 aromatic heterocycles. The van der Waals surface area contributed by atoms with Crippen LogP contribution in [0.1, 0.15) is 28.7 Å². The second-order valence-corrected chi connectivity index (χ2v) is 7.06. The van der Waals surface area contributed by atoms with Crippen molar-refractivity contribution < 1.29 is 13.6 Å². The molecule has 28 heavy (non-hydrogen) atoms. The molecule has 3 aromatic rings. The van der Waals surface area contributed by atoms with Crippen LogP contribution in [-0.2, 0) is 13.0 Å². The summed E-state index contributed by atoms with van der Waals surface area (Å²) in [5.41, 5.74) is 1.40. The van der Waals surface area contributed by atoms with Gasteiger partial charge in [0.25, 0.3) is 11.9 Å². The van der Waals surface area contributed by atoms with Gasteiger partial charge in [-0.25, -0.2) is 18.7 Å². The van der Waals surface area contributed by atoms with E-state index in [1.165, 1.54) is 10.7 Å². The Kier molecular flexibility index (Phi) is 4.72. The molecule has 1 unspecified atom stereocenters. The zero-order chi connectivity index (χ0) is 20.0. The van der Waals surface area contributed by atoms with Crippen LogP contribution >= 0.6 is 23.2 Å². The molecule has 1 amide bonds. The number of rotatable bonds is 2. The molecule has 0 aliphatic carbocycles. The maximum atomic E-state index is 13.5. The molecule has 0 bridgehead atoms. The predicted molar refractivity (Wildman–Crippen MR) is 96.4 cm³/mol. The van der Waals surface area contributed by atoms with E-state index in [2.05, 4.69) is 20.3 Å². The molecule has 11 heteroatoms. The van der Waals surface area contributed by atoms with Gasteiger partial charge in [0, 0.05) is 12.5 Å². The van der Waals surface area contributed by atoms with Crippen molar-refractivity contribution in [1.29, 1.82) is 0 Å². The highest BCUT2D eigenvalue weighted by atomic mass is 35.5. The van der Waals surface area contributed by atoms with Crippen molar-refractivity contribution in [3.8, 4) is 5.95 Å². The van der Waals surface area contributed by atoms with Gasteiger partial charge >= 0.3 is 0 Å². The van der Waals surface area contributed by atoms with Crippen LogP contribution in [0.25, 0.3) is 5.95 Å². The van der Waals surface area contributed by atoms with E-state index in [0.717, 1.165) is 24.2 Å². The minimum Gasteiger partial charge on any atom is -0.329 e. The monoisotopic (exact) mass is 424 g/mol. The molecule has 0 saturated carbocycles. The Morgan fingerprint density at radius 3 is 2.61 bits per heavy atom. The molecule has 144 valence electrons. The lowest BCUT2D eigenvalue weighted by atomic mass is 10.0. The number of benzene rings is 1. The third-order valence-corrected chi connectivity index (χ3v) is 5.37. The molecule has 7 nitrogen and oxygen atoms in total. The van der Waals surface area contributed by atoms with E-state index in [-0.39, 0.29) is 34.1 Å². The second-order valence-electron chi connectivity index (χ2n) is 6.31. The average molecular weight is 425 g/mol. The fourth-order valence-electron chi connectivity index (χ4n) is 3.06. The number of nitrogens with zero attached hydrogens (tertiary/aromatic N) is 6. The van der Waals surface area contributed by atoms with Gasteiger partial charge in [0.15, 0.2) is 5.82 Å². The number of carbonyl (C=O) groups is 1. The van der Waals surface area contributed by atoms with Crippen molar-refractivity contribution in [3.05, 3.63) is 63.2 Å². The van der Waals surface area contributed by atoms with Crippen LogP contribution in [0.2, 0.25) is 10.0 Å². The zero-order valence-electron chi connectivity index (χ0n) is 14.4. The SMILES string of the molecule is CC1Cc2c(nnn2-c2ncc(F)cn2)CN1C(=O)c1ccc(F)c(Cl)c1Cl. The van der Waals surface area contributed by atoms with Crippen LogP contribution in [0, 0.1) is 11.6 Å². The van der Waals surface area contributed by atoms with Crippen LogP contribution in [0.15, 0.2) is 24.5 Å². The van der Waals surface area contributed by atoms with Gasteiger partial charge in [0.1, 0.15) is 11.5 Å². The van der Waals surface area contributed by atoms with Crippen LogP contribution in [0.3, 0.4) is 0 Å². The lowest BCUT2D eigenvalue weighted by molar-refractivity contribution is 0.0653. The van der Waals surface area contributed by atoms with E-state index in [9.17, 15) is 13.6 Å². The highest BCUT2D eigenvalue weighted by Gasteiger charge is 2.33. The Labute approximate surface area is 167 Å². The lowest BCUT2D eigenvalue weighted by Gasteiger charge is -2.33. The largest absolute Gasteiger partial charge is 0.329 e. The molecule has 1 aromatic carbocycles. The van der Waals surface area contributed by atoms with E-state index in [1.807, 2.05) is 6.92 Å². The van der Waals surface area contributed by atoms with Gasteiger partial charge < -0.3 is 4.90 Å². The van der Waals surface area contributed by atoms with Crippen LogP contribution in [-0.4, -0.2) is 41.8 Å². The van der Waals surface area contributed by atoms with Crippen LogP contribution in [0.4, 0.5) is 8.78 Å². The van der Waals surface area contributed by atoms with E-state index >= 15 is 0 Å². The summed E-state index contributed by atoms with van der Waals surface area (Å²) in [7, 11) is 0. The number of aromatic nitrogens is 5. The molecule has 4 rings (SSSR count). The Morgan fingerprint density at radius 2 is 1.89 bits per heavy atom. The van der Waals surface area contributed by atoms with E-state index in [1.54, 1.807) is 4.90 Å². The standard InChI is InChI=1S/C17H12Cl2F2N6O/c1-8-4-13-12(24-25-27(13)17-22-5-9(20)6-23-17)7-26(8)16(28)10-2-3-11(21)15(19)14(10)18/h2-3,5-6,8H,4,7H2,1H3. The van der Waals surface area contributed by atoms with Crippen molar-refractivity contribution in [2.45, 2.75) is 25.9 Å². The van der Waals surface area contributed by atoms with Gasteiger partial charge in [0.2, 0.25) is 0 Å². The van der Waals surface area contributed by atoms with Gasteiger partial charge in [0.05, 0.1) is 40.2 Å². The number of halogens is 4. The summed E-state index contributed by atoms with van der Waals surface area (Å²) in [5.74, 6) is -1.45. The number of amides is 1. The number of hydrogen-bond donors (Lipinski definition) is 0. The molecule has 1 atom stereocenters. The summed E-state index contributed by atoms with van der Waals surface area (Å²) in [6, 6.07) is 2.17. The quantitative estimate of drug-likeness (QED) is 0.590. The first-order chi connectivity index (χ1) is 13.4. The summed E-state index contributed by atoms with van der Waals surface area (Å²) >= 11 is 11.9. The van der Waals surface area contributed by atoms with Gasteiger partial charge in [-0.2, -0.15) is 4.68 Å².